The number of aryl methyl sites for hydroxylation is 1. The van der Waals surface area contributed by atoms with Crippen molar-refractivity contribution in [3.8, 4) is 0 Å². The van der Waals surface area contributed by atoms with Crippen LogP contribution in [-0.4, -0.2) is 16.9 Å². The number of nitrogens with zero attached hydrogens (tertiary/aromatic N) is 1. The Bertz CT molecular complexity index is 558. The number of carbonyl (C=O) groups is 1. The molecule has 116 valence electrons. The summed E-state index contributed by atoms with van der Waals surface area (Å²) in [5.41, 5.74) is 1.39. The van der Waals surface area contributed by atoms with Crippen molar-refractivity contribution in [1.29, 1.82) is 0 Å². The normalized spacial score (nSPS) is 9.45. The lowest BCUT2D eigenvalue weighted by Crippen LogP contribution is -1.98. The monoisotopic (exact) mass is 301 g/mol. The maximum Gasteiger partial charge on any atom is 0.373 e. The molecule has 22 heavy (non-hydrogen) atoms. The Balaban J connectivity index is 0.000000745. The fraction of sp³-hybridized carbons (Fsp3) is 0.353. The Kier molecular flexibility index (Phi) is 8.90. The van der Waals surface area contributed by atoms with Gasteiger partial charge in [-0.25, -0.2) is 4.98 Å². The summed E-state index contributed by atoms with van der Waals surface area (Å²) in [4.78, 5) is 31.7. The van der Waals surface area contributed by atoms with E-state index in [2.05, 4.69) is 29.2 Å². The first-order valence-electron chi connectivity index (χ1n) is 7.24. The number of ketones is 1. The Morgan fingerprint density at radius 3 is 2.36 bits per heavy atom. The van der Waals surface area contributed by atoms with Crippen LogP contribution >= 0.6 is 0 Å². The molecular formula is C17H19NO4. The minimum Gasteiger partial charge on any atom is -0.442 e. The van der Waals surface area contributed by atoms with E-state index in [9.17, 15) is 4.79 Å². The van der Waals surface area contributed by atoms with Crippen molar-refractivity contribution in [2.75, 3.05) is 0 Å². The van der Waals surface area contributed by atoms with Gasteiger partial charge in [-0.15, -0.1) is 0 Å². The number of unbranched alkanes of at least 4 members (excludes halogenated alkanes) is 3. The van der Waals surface area contributed by atoms with Crippen LogP contribution in [0, 0.1) is 0 Å². The van der Waals surface area contributed by atoms with E-state index in [1.54, 1.807) is 0 Å². The summed E-state index contributed by atoms with van der Waals surface area (Å²) in [6.07, 6.45) is 9.18. The second-order valence-corrected chi connectivity index (χ2v) is 4.74. The number of carbonyl (C=O) groups excluding carboxylic acids is 3. The molecule has 2 aromatic rings. The van der Waals surface area contributed by atoms with E-state index >= 15 is 0 Å². The molecule has 1 aromatic heterocycles. The summed E-state index contributed by atoms with van der Waals surface area (Å²) in [5.74, 6) is 0.248. The number of hydrogen-bond donors (Lipinski definition) is 0. The quantitative estimate of drug-likeness (QED) is 0.551. The molecule has 2 rings (SSSR count). The third kappa shape index (κ3) is 7.31. The predicted molar refractivity (Wildman–Crippen MR) is 79.1 cm³/mol. The molecule has 5 heteroatoms. The van der Waals surface area contributed by atoms with Crippen LogP contribution in [0.5, 0.6) is 0 Å². The lowest BCUT2D eigenvalue weighted by atomic mass is 10.0. The van der Waals surface area contributed by atoms with Gasteiger partial charge in [-0.3, -0.25) is 4.79 Å². The molecule has 5 nitrogen and oxygen atoms in total. The van der Waals surface area contributed by atoms with Crippen LogP contribution in [0.3, 0.4) is 0 Å². The standard InChI is InChI=1S/C16H19NO2.CO2/c18-15(16-17-12-13-19-16)11-7-2-1-4-8-14-9-5-3-6-10-14;2-1-3/h3,5-6,9-10,12-13H,1-2,4,7-8,11H2;. The van der Waals surface area contributed by atoms with Gasteiger partial charge >= 0.3 is 6.15 Å². The smallest absolute Gasteiger partial charge is 0.373 e. The SMILES string of the molecule is O=C(CCCCCCc1ccccc1)c1ncco1.O=C=O. The molecule has 0 aliphatic carbocycles. The molecule has 0 radical (unpaired) electrons. The molecule has 0 atom stereocenters. The molecule has 0 aliphatic rings. The van der Waals surface area contributed by atoms with Crippen molar-refractivity contribution in [2.24, 2.45) is 0 Å². The Hall–Kier alpha value is -2.52. The van der Waals surface area contributed by atoms with E-state index in [0.29, 0.717) is 6.42 Å². The minimum absolute atomic E-state index is 0.00746. The van der Waals surface area contributed by atoms with Crippen LogP contribution in [-0.2, 0) is 16.0 Å². The van der Waals surface area contributed by atoms with Crippen LogP contribution in [0.1, 0.15) is 48.4 Å². The Morgan fingerprint density at radius 1 is 1.05 bits per heavy atom. The van der Waals surface area contributed by atoms with Crippen molar-refractivity contribution in [2.45, 2.75) is 38.5 Å². The number of benzene rings is 1. The van der Waals surface area contributed by atoms with Crippen LogP contribution < -0.4 is 0 Å². The molecule has 1 aromatic carbocycles. The molecule has 0 fully saturated rings. The highest BCUT2D eigenvalue weighted by molar-refractivity contribution is 5.91. The Labute approximate surface area is 129 Å². The third-order valence-corrected chi connectivity index (χ3v) is 3.13. The lowest BCUT2D eigenvalue weighted by Gasteiger charge is -2.01. The first-order valence-corrected chi connectivity index (χ1v) is 7.24. The summed E-state index contributed by atoms with van der Waals surface area (Å²) in [6, 6.07) is 10.5. The highest BCUT2D eigenvalue weighted by atomic mass is 16.3. The second kappa shape index (κ2) is 11.2. The van der Waals surface area contributed by atoms with Crippen molar-refractivity contribution in [3.05, 3.63) is 54.2 Å². The molecule has 0 aliphatic heterocycles. The van der Waals surface area contributed by atoms with Gasteiger partial charge in [0, 0.05) is 6.42 Å². The Morgan fingerprint density at radius 2 is 1.73 bits per heavy atom. The fourth-order valence-electron chi connectivity index (χ4n) is 2.08. The summed E-state index contributed by atoms with van der Waals surface area (Å²) in [7, 11) is 0. The molecule has 0 amide bonds. The molecule has 0 spiro atoms. The molecule has 0 unspecified atom stereocenters. The van der Waals surface area contributed by atoms with Gasteiger partial charge in [0.15, 0.2) is 0 Å². The average Bonchev–Trinajstić information content (AvgIpc) is 3.07. The van der Waals surface area contributed by atoms with Gasteiger partial charge in [0.1, 0.15) is 6.26 Å². The van der Waals surface area contributed by atoms with E-state index in [0.717, 1.165) is 25.7 Å². The summed E-state index contributed by atoms with van der Waals surface area (Å²) >= 11 is 0. The number of hydrogen-bond acceptors (Lipinski definition) is 5. The summed E-state index contributed by atoms with van der Waals surface area (Å²) < 4.78 is 4.97. The van der Waals surface area contributed by atoms with Gasteiger partial charge in [-0.05, 0) is 24.8 Å². The summed E-state index contributed by atoms with van der Waals surface area (Å²) in [6.45, 7) is 0. The fourth-order valence-corrected chi connectivity index (χ4v) is 2.08. The molecule has 1 heterocycles. The highest BCUT2D eigenvalue weighted by Gasteiger charge is 2.09. The van der Waals surface area contributed by atoms with Crippen molar-refractivity contribution in [1.82, 2.24) is 4.98 Å². The first-order chi connectivity index (χ1) is 10.8. The number of aromatic nitrogens is 1. The largest absolute Gasteiger partial charge is 0.442 e. The van der Waals surface area contributed by atoms with Gasteiger partial charge in [-0.1, -0.05) is 43.2 Å². The van der Waals surface area contributed by atoms with Crippen molar-refractivity contribution in [3.63, 3.8) is 0 Å². The van der Waals surface area contributed by atoms with E-state index < -0.39 is 0 Å². The maximum absolute atomic E-state index is 11.6. The predicted octanol–water partition coefficient (Wildman–Crippen LogP) is 3.47. The van der Waals surface area contributed by atoms with Crippen LogP contribution in [0.4, 0.5) is 0 Å². The first kappa shape index (κ1) is 17.5. The topological polar surface area (TPSA) is 77.2 Å². The molecule has 0 saturated carbocycles. The van der Waals surface area contributed by atoms with Crippen LogP contribution in [0.2, 0.25) is 0 Å². The third-order valence-electron chi connectivity index (χ3n) is 3.13. The maximum atomic E-state index is 11.6. The number of rotatable bonds is 8. The van der Waals surface area contributed by atoms with Crippen molar-refractivity contribution < 1.29 is 18.8 Å². The van der Waals surface area contributed by atoms with E-state index in [4.69, 9.17) is 14.0 Å². The molecule has 0 N–H and O–H groups in total. The average molecular weight is 301 g/mol. The van der Waals surface area contributed by atoms with Crippen LogP contribution in [0.15, 0.2) is 47.2 Å². The van der Waals surface area contributed by atoms with Gasteiger partial charge in [0.2, 0.25) is 5.78 Å². The molecule has 0 saturated heterocycles. The van der Waals surface area contributed by atoms with Crippen molar-refractivity contribution >= 4 is 11.9 Å². The summed E-state index contributed by atoms with van der Waals surface area (Å²) in [5, 5.41) is 0. The highest BCUT2D eigenvalue weighted by Crippen LogP contribution is 2.10. The lowest BCUT2D eigenvalue weighted by molar-refractivity contribution is -0.191. The minimum atomic E-state index is 0.00746. The van der Waals surface area contributed by atoms with Gasteiger partial charge < -0.3 is 4.42 Å². The van der Waals surface area contributed by atoms with E-state index in [-0.39, 0.29) is 17.8 Å². The van der Waals surface area contributed by atoms with Gasteiger partial charge in [-0.2, -0.15) is 9.59 Å². The van der Waals surface area contributed by atoms with E-state index in [1.165, 1.54) is 24.4 Å². The number of oxazole rings is 1. The molecule has 0 bridgehead atoms. The van der Waals surface area contributed by atoms with Crippen LogP contribution in [0.25, 0.3) is 0 Å². The zero-order chi connectivity index (χ0) is 16.0. The van der Waals surface area contributed by atoms with Gasteiger partial charge in [0.05, 0.1) is 6.20 Å². The second-order valence-electron chi connectivity index (χ2n) is 4.74. The number of Topliss-reactive ketones (excluding diaryl/α,β-unsaturated/α-hetero) is 1. The molecular weight excluding hydrogens is 282 g/mol. The van der Waals surface area contributed by atoms with Gasteiger partial charge in [0.25, 0.3) is 5.89 Å². The zero-order valence-electron chi connectivity index (χ0n) is 12.4. The van der Waals surface area contributed by atoms with E-state index in [1.807, 2.05) is 6.07 Å². The zero-order valence-corrected chi connectivity index (χ0v) is 12.4.